The molecule has 0 saturated heterocycles. The van der Waals surface area contributed by atoms with Crippen LogP contribution in [0.4, 0.5) is 5.69 Å². The van der Waals surface area contributed by atoms with E-state index in [-0.39, 0.29) is 11.7 Å². The molecular formula is C20H21ClN4O2S. The van der Waals surface area contributed by atoms with Crippen LogP contribution in [0.5, 0.6) is 5.75 Å². The highest BCUT2D eigenvalue weighted by molar-refractivity contribution is 8.14. The summed E-state index contributed by atoms with van der Waals surface area (Å²) in [7, 11) is 0. The Balaban J connectivity index is 1.59. The number of rotatable bonds is 5. The Morgan fingerprint density at radius 3 is 2.61 bits per heavy atom. The van der Waals surface area contributed by atoms with Crippen LogP contribution in [0.2, 0.25) is 5.02 Å². The van der Waals surface area contributed by atoms with Crippen molar-refractivity contribution in [3.63, 3.8) is 0 Å². The third-order valence-corrected chi connectivity index (χ3v) is 4.94. The fourth-order valence-corrected chi connectivity index (χ4v) is 3.18. The number of thioether (sulfide) groups is 1. The fourth-order valence-electron chi connectivity index (χ4n) is 2.38. The molecule has 0 radical (unpaired) electrons. The topological polar surface area (TPSA) is 66.3 Å². The normalized spacial score (nSPS) is 13.6. The number of nitrogens with zero attached hydrogens (tertiary/aromatic N) is 3. The minimum absolute atomic E-state index is 0.111. The van der Waals surface area contributed by atoms with Crippen molar-refractivity contribution in [1.82, 2.24) is 5.01 Å². The average Bonchev–Trinajstić information content (AvgIpc) is 2.70. The van der Waals surface area contributed by atoms with Crippen LogP contribution in [0.1, 0.15) is 12.5 Å². The Morgan fingerprint density at radius 2 is 1.93 bits per heavy atom. The number of amidine groups is 1. The molecule has 0 unspecified atom stereocenters. The number of carbonyl (C=O) groups is 1. The van der Waals surface area contributed by atoms with Crippen molar-refractivity contribution in [2.24, 2.45) is 10.1 Å². The molecule has 3 rings (SSSR count). The van der Waals surface area contributed by atoms with Gasteiger partial charge in [0.25, 0.3) is 0 Å². The molecule has 1 amide bonds. The fraction of sp³-hybridized carbons (Fsp3) is 0.250. The minimum Gasteiger partial charge on any atom is -0.441 e. The zero-order valence-electron chi connectivity index (χ0n) is 15.7. The Bertz CT molecular complexity index is 882. The number of carbonyl (C=O) groups excluding carboxylic acids is 1. The van der Waals surface area contributed by atoms with Gasteiger partial charge in [-0.2, -0.15) is 4.99 Å². The van der Waals surface area contributed by atoms with E-state index in [4.69, 9.17) is 16.3 Å². The van der Waals surface area contributed by atoms with Crippen LogP contribution in [0.25, 0.3) is 0 Å². The summed E-state index contributed by atoms with van der Waals surface area (Å²) in [6.07, 6.45) is 0. The van der Waals surface area contributed by atoms with Crippen LogP contribution in [0.15, 0.2) is 58.6 Å². The number of hydrogen-bond acceptors (Lipinski definition) is 6. The number of amides is 1. The molecule has 2 aromatic rings. The monoisotopic (exact) mass is 416 g/mol. The quantitative estimate of drug-likeness (QED) is 0.784. The van der Waals surface area contributed by atoms with E-state index in [0.29, 0.717) is 34.9 Å². The van der Waals surface area contributed by atoms with Gasteiger partial charge in [0.05, 0.1) is 5.75 Å². The summed E-state index contributed by atoms with van der Waals surface area (Å²) in [4.78, 5) is 16.6. The molecule has 1 heterocycles. The number of hydrazone groups is 1. The lowest BCUT2D eigenvalue weighted by Crippen LogP contribution is -2.33. The van der Waals surface area contributed by atoms with E-state index in [2.05, 4.69) is 15.4 Å². The second-order valence-corrected chi connectivity index (χ2v) is 7.51. The van der Waals surface area contributed by atoms with Crippen LogP contribution < -0.4 is 10.1 Å². The van der Waals surface area contributed by atoms with E-state index in [0.717, 1.165) is 11.3 Å². The Kier molecular flexibility index (Phi) is 6.95. The van der Waals surface area contributed by atoms with E-state index in [9.17, 15) is 4.79 Å². The summed E-state index contributed by atoms with van der Waals surface area (Å²) in [5, 5.41) is 10.3. The average molecular weight is 417 g/mol. The van der Waals surface area contributed by atoms with E-state index < -0.39 is 0 Å². The molecule has 0 spiro atoms. The summed E-state index contributed by atoms with van der Waals surface area (Å²) in [5.74, 6) is 1.28. The van der Waals surface area contributed by atoms with E-state index in [1.54, 1.807) is 24.3 Å². The van der Waals surface area contributed by atoms with E-state index in [1.165, 1.54) is 11.8 Å². The number of hydrogen-bond donors (Lipinski definition) is 1. The summed E-state index contributed by atoms with van der Waals surface area (Å²) < 4.78 is 5.84. The molecular weight excluding hydrogens is 396 g/mol. The predicted octanol–water partition coefficient (Wildman–Crippen LogP) is 4.40. The highest BCUT2D eigenvalue weighted by Gasteiger charge is 2.17. The zero-order valence-corrected chi connectivity index (χ0v) is 17.3. The van der Waals surface area contributed by atoms with Gasteiger partial charge in [-0.15, -0.1) is 5.10 Å². The van der Waals surface area contributed by atoms with Gasteiger partial charge >= 0.3 is 0 Å². The van der Waals surface area contributed by atoms with Gasteiger partial charge in [0.15, 0.2) is 0 Å². The highest BCUT2D eigenvalue weighted by Crippen LogP contribution is 2.19. The molecule has 2 aromatic carbocycles. The molecule has 6 nitrogen and oxygen atoms in total. The van der Waals surface area contributed by atoms with Gasteiger partial charge in [-0.05, 0) is 50.2 Å². The lowest BCUT2D eigenvalue weighted by Gasteiger charge is -2.23. The third kappa shape index (κ3) is 6.00. The van der Waals surface area contributed by atoms with E-state index >= 15 is 0 Å². The molecule has 0 saturated carbocycles. The first-order valence-electron chi connectivity index (χ1n) is 8.85. The Hall–Kier alpha value is -2.51. The molecule has 0 bridgehead atoms. The van der Waals surface area contributed by atoms with Gasteiger partial charge in [0, 0.05) is 17.3 Å². The lowest BCUT2D eigenvalue weighted by molar-refractivity contribution is -0.113. The zero-order chi connectivity index (χ0) is 19.9. The van der Waals surface area contributed by atoms with Gasteiger partial charge in [-0.25, -0.2) is 0 Å². The summed E-state index contributed by atoms with van der Waals surface area (Å²) in [5.41, 5.74) is 1.92. The number of benzene rings is 2. The van der Waals surface area contributed by atoms with Crippen LogP contribution >= 0.6 is 23.4 Å². The number of ether oxygens (including phenoxy) is 1. The van der Waals surface area contributed by atoms with Gasteiger partial charge in [-0.1, -0.05) is 41.1 Å². The second kappa shape index (κ2) is 9.61. The van der Waals surface area contributed by atoms with Crippen molar-refractivity contribution in [2.45, 2.75) is 13.8 Å². The van der Waals surface area contributed by atoms with Crippen LogP contribution in [0, 0.1) is 6.92 Å². The molecule has 1 aliphatic heterocycles. The van der Waals surface area contributed by atoms with Crippen LogP contribution in [-0.4, -0.2) is 40.8 Å². The maximum atomic E-state index is 12.2. The summed E-state index contributed by atoms with van der Waals surface area (Å²) >= 11 is 7.18. The summed E-state index contributed by atoms with van der Waals surface area (Å²) in [6, 6.07) is 14.8. The lowest BCUT2D eigenvalue weighted by atomic mass is 10.2. The van der Waals surface area contributed by atoms with Crippen molar-refractivity contribution < 1.29 is 9.53 Å². The number of likely N-dealkylation sites (N-methyl/N-ethyl adjacent to an activating group) is 1. The maximum Gasteiger partial charge on any atom is 0.234 e. The smallest absolute Gasteiger partial charge is 0.234 e. The largest absolute Gasteiger partial charge is 0.441 e. The molecule has 1 aliphatic rings. The van der Waals surface area contributed by atoms with Gasteiger partial charge in [0.1, 0.15) is 12.3 Å². The number of aliphatic imine (C=N–C) groups is 1. The molecule has 0 aromatic heterocycles. The van der Waals surface area contributed by atoms with Crippen molar-refractivity contribution in [3.8, 4) is 5.75 Å². The van der Waals surface area contributed by atoms with Crippen molar-refractivity contribution in [3.05, 3.63) is 59.1 Å². The van der Waals surface area contributed by atoms with Gasteiger partial charge < -0.3 is 10.1 Å². The summed E-state index contributed by atoms with van der Waals surface area (Å²) in [6.45, 7) is 5.19. The Morgan fingerprint density at radius 1 is 1.21 bits per heavy atom. The van der Waals surface area contributed by atoms with Crippen molar-refractivity contribution in [2.75, 3.05) is 24.2 Å². The number of aryl methyl sites for hydroxylation is 1. The molecule has 146 valence electrons. The first kappa shape index (κ1) is 20.2. The first-order valence-corrected chi connectivity index (χ1v) is 10.2. The third-order valence-electron chi connectivity index (χ3n) is 3.85. The standard InChI is InChI=1S/C20H21ClN4O2S/c1-3-25-12-19(27-17-10-6-15(21)7-11-17)23-20(24-25)28-13-18(26)22-16-8-4-14(2)5-9-16/h4-11H,3,12-13H2,1-2H3,(H,22,26). The van der Waals surface area contributed by atoms with Crippen LogP contribution in [-0.2, 0) is 4.79 Å². The molecule has 8 heteroatoms. The predicted molar refractivity (Wildman–Crippen MR) is 116 cm³/mol. The maximum absolute atomic E-state index is 12.2. The van der Waals surface area contributed by atoms with Crippen molar-refractivity contribution in [1.29, 1.82) is 0 Å². The second-order valence-electron chi connectivity index (χ2n) is 6.13. The number of nitrogens with one attached hydrogen (secondary N) is 1. The van der Waals surface area contributed by atoms with Crippen LogP contribution in [0.3, 0.4) is 0 Å². The minimum atomic E-state index is -0.111. The SMILES string of the molecule is CCN1CC(Oc2ccc(Cl)cc2)=NC(SCC(=O)Nc2ccc(C)cc2)=N1. The molecule has 0 fully saturated rings. The van der Waals surface area contributed by atoms with Gasteiger partial charge in [0.2, 0.25) is 17.0 Å². The molecule has 28 heavy (non-hydrogen) atoms. The Labute approximate surface area is 173 Å². The first-order chi connectivity index (χ1) is 13.5. The molecule has 0 aliphatic carbocycles. The highest BCUT2D eigenvalue weighted by atomic mass is 35.5. The van der Waals surface area contributed by atoms with Crippen molar-refractivity contribution >= 4 is 46.0 Å². The number of anilines is 1. The molecule has 1 N–H and O–H groups in total. The van der Waals surface area contributed by atoms with Gasteiger partial charge in [-0.3, -0.25) is 9.80 Å². The molecule has 0 atom stereocenters. The van der Waals surface area contributed by atoms with E-state index in [1.807, 2.05) is 43.1 Å². The number of halogens is 1.